The molecule has 1 aliphatic rings. The molecule has 0 aliphatic carbocycles. The van der Waals surface area contributed by atoms with E-state index < -0.39 is 12.0 Å². The smallest absolute Gasteiger partial charge is 0.326 e. The Labute approximate surface area is 131 Å². The molecule has 0 aromatic heterocycles. The Bertz CT molecular complexity index is 474. The zero-order valence-corrected chi connectivity index (χ0v) is 13.4. The van der Waals surface area contributed by atoms with E-state index in [1.165, 1.54) is 6.20 Å². The van der Waals surface area contributed by atoms with Gasteiger partial charge in [0.15, 0.2) is 0 Å². The number of hydrogen-bond acceptors (Lipinski definition) is 5. The summed E-state index contributed by atoms with van der Waals surface area (Å²) in [4.78, 5) is 27.2. The van der Waals surface area contributed by atoms with Gasteiger partial charge in [-0.25, -0.2) is 4.79 Å². The highest BCUT2D eigenvalue weighted by Gasteiger charge is 2.23. The van der Waals surface area contributed by atoms with Crippen LogP contribution in [0.3, 0.4) is 0 Å². The molecule has 2 N–H and O–H groups in total. The first-order chi connectivity index (χ1) is 10.3. The second kappa shape index (κ2) is 8.39. The van der Waals surface area contributed by atoms with Gasteiger partial charge in [0.1, 0.15) is 17.7 Å². The van der Waals surface area contributed by atoms with Crippen LogP contribution in [0.2, 0.25) is 0 Å². The summed E-state index contributed by atoms with van der Waals surface area (Å²) in [6.07, 6.45) is 1.66. The van der Waals surface area contributed by atoms with E-state index in [1.807, 2.05) is 27.0 Å². The van der Waals surface area contributed by atoms with Crippen LogP contribution in [-0.4, -0.2) is 66.1 Å². The molecule has 1 atom stereocenters. The number of piperazine rings is 1. The number of carbonyl (C=O) groups is 2. The monoisotopic (exact) mass is 308 g/mol. The molecule has 122 valence electrons. The SMILES string of the molecule is CC(C)CC(N/C=C(/C#N)C(=O)N1CCN(C)CC1)C(=O)O. The molecule has 1 unspecified atom stereocenters. The van der Waals surface area contributed by atoms with Gasteiger partial charge in [0.05, 0.1) is 0 Å². The highest BCUT2D eigenvalue weighted by atomic mass is 16.4. The summed E-state index contributed by atoms with van der Waals surface area (Å²) >= 11 is 0. The van der Waals surface area contributed by atoms with Crippen molar-refractivity contribution in [1.29, 1.82) is 5.26 Å². The summed E-state index contributed by atoms with van der Waals surface area (Å²) in [5.41, 5.74) is -0.0560. The third kappa shape index (κ3) is 5.37. The predicted molar refractivity (Wildman–Crippen MR) is 81.8 cm³/mol. The van der Waals surface area contributed by atoms with Crippen LogP contribution in [-0.2, 0) is 9.59 Å². The lowest BCUT2D eigenvalue weighted by Crippen LogP contribution is -2.47. The first-order valence-corrected chi connectivity index (χ1v) is 7.42. The second-order valence-corrected chi connectivity index (χ2v) is 5.95. The highest BCUT2D eigenvalue weighted by molar-refractivity contribution is 5.97. The Morgan fingerprint density at radius 3 is 2.36 bits per heavy atom. The van der Waals surface area contributed by atoms with Crippen molar-refractivity contribution in [2.75, 3.05) is 33.2 Å². The summed E-state index contributed by atoms with van der Waals surface area (Å²) in [6.45, 7) is 6.52. The average molecular weight is 308 g/mol. The molecule has 22 heavy (non-hydrogen) atoms. The minimum Gasteiger partial charge on any atom is -0.480 e. The zero-order chi connectivity index (χ0) is 16.7. The molecule has 0 aromatic carbocycles. The van der Waals surface area contributed by atoms with E-state index in [0.29, 0.717) is 19.5 Å². The maximum Gasteiger partial charge on any atom is 0.326 e. The van der Waals surface area contributed by atoms with Crippen molar-refractivity contribution < 1.29 is 14.7 Å². The number of carboxylic acid groups (broad SMARTS) is 1. The molecule has 1 fully saturated rings. The van der Waals surface area contributed by atoms with Gasteiger partial charge < -0.3 is 20.2 Å². The topological polar surface area (TPSA) is 96.7 Å². The average Bonchev–Trinajstić information content (AvgIpc) is 2.46. The van der Waals surface area contributed by atoms with Gasteiger partial charge in [-0.2, -0.15) is 5.26 Å². The number of amides is 1. The van der Waals surface area contributed by atoms with E-state index in [4.69, 9.17) is 10.4 Å². The maximum atomic E-state index is 12.3. The van der Waals surface area contributed by atoms with E-state index in [9.17, 15) is 9.59 Å². The molecule has 0 spiro atoms. The number of rotatable bonds is 6. The van der Waals surface area contributed by atoms with Crippen molar-refractivity contribution in [2.45, 2.75) is 26.3 Å². The standard InChI is InChI=1S/C15H24N4O3/c1-11(2)8-13(15(21)22)17-10-12(9-16)14(20)19-6-4-18(3)5-7-19/h10-11,13,17H,4-8H2,1-3H3,(H,21,22)/b12-10-. The lowest BCUT2D eigenvalue weighted by Gasteiger charge is -2.32. The van der Waals surface area contributed by atoms with Crippen LogP contribution >= 0.6 is 0 Å². The third-order valence-electron chi connectivity index (χ3n) is 3.58. The number of hydrogen-bond donors (Lipinski definition) is 2. The molecule has 1 rings (SSSR count). The van der Waals surface area contributed by atoms with Gasteiger partial charge in [-0.15, -0.1) is 0 Å². The number of nitriles is 1. The largest absolute Gasteiger partial charge is 0.480 e. The Balaban J connectivity index is 2.71. The van der Waals surface area contributed by atoms with Gasteiger partial charge in [0.2, 0.25) is 0 Å². The predicted octanol–water partition coefficient (Wildman–Crippen LogP) is 0.257. The summed E-state index contributed by atoms with van der Waals surface area (Å²) in [5, 5.41) is 21.0. The van der Waals surface area contributed by atoms with E-state index in [1.54, 1.807) is 4.90 Å². The Morgan fingerprint density at radius 2 is 1.91 bits per heavy atom. The maximum absolute atomic E-state index is 12.3. The summed E-state index contributed by atoms with van der Waals surface area (Å²) < 4.78 is 0. The van der Waals surface area contributed by atoms with Gasteiger partial charge in [0, 0.05) is 32.4 Å². The van der Waals surface area contributed by atoms with E-state index in [2.05, 4.69) is 10.2 Å². The van der Waals surface area contributed by atoms with Crippen molar-refractivity contribution in [3.63, 3.8) is 0 Å². The number of likely N-dealkylation sites (N-methyl/N-ethyl adjacent to an activating group) is 1. The molecule has 1 heterocycles. The van der Waals surface area contributed by atoms with Gasteiger partial charge >= 0.3 is 5.97 Å². The molecule has 1 amide bonds. The Morgan fingerprint density at radius 1 is 1.32 bits per heavy atom. The minimum atomic E-state index is -0.991. The number of carboxylic acids is 1. The van der Waals surface area contributed by atoms with Crippen LogP contribution < -0.4 is 5.32 Å². The number of aliphatic carboxylic acids is 1. The molecule has 7 nitrogen and oxygen atoms in total. The molecule has 0 aromatic rings. The van der Waals surface area contributed by atoms with E-state index in [-0.39, 0.29) is 17.4 Å². The normalized spacial score (nSPS) is 18.0. The van der Waals surface area contributed by atoms with Crippen LogP contribution in [0.4, 0.5) is 0 Å². The zero-order valence-electron chi connectivity index (χ0n) is 13.4. The summed E-state index contributed by atoms with van der Waals surface area (Å²) in [5.74, 6) is -1.15. The molecule has 1 saturated heterocycles. The first-order valence-electron chi connectivity index (χ1n) is 7.42. The third-order valence-corrected chi connectivity index (χ3v) is 3.58. The first kappa shape index (κ1) is 18.0. The summed E-state index contributed by atoms with van der Waals surface area (Å²) in [7, 11) is 1.98. The fourth-order valence-electron chi connectivity index (χ4n) is 2.22. The molecule has 0 bridgehead atoms. The molecule has 0 radical (unpaired) electrons. The fourth-order valence-corrected chi connectivity index (χ4v) is 2.22. The fraction of sp³-hybridized carbons (Fsp3) is 0.667. The lowest BCUT2D eigenvalue weighted by atomic mass is 10.0. The lowest BCUT2D eigenvalue weighted by molar-refractivity contribution is -0.139. The number of nitrogens with zero attached hydrogens (tertiary/aromatic N) is 3. The Hall–Kier alpha value is -2.07. The van der Waals surface area contributed by atoms with Gasteiger partial charge in [-0.3, -0.25) is 4.79 Å². The molecule has 7 heteroatoms. The van der Waals surface area contributed by atoms with Crippen LogP contribution in [0.15, 0.2) is 11.8 Å². The number of nitrogens with one attached hydrogen (secondary N) is 1. The van der Waals surface area contributed by atoms with Crippen molar-refractivity contribution in [3.05, 3.63) is 11.8 Å². The molecular weight excluding hydrogens is 284 g/mol. The quantitative estimate of drug-likeness (QED) is 0.539. The van der Waals surface area contributed by atoms with Crippen molar-refractivity contribution >= 4 is 11.9 Å². The van der Waals surface area contributed by atoms with Crippen LogP contribution in [0.5, 0.6) is 0 Å². The second-order valence-electron chi connectivity index (χ2n) is 5.95. The highest BCUT2D eigenvalue weighted by Crippen LogP contribution is 2.08. The number of carbonyl (C=O) groups excluding carboxylic acids is 1. The van der Waals surface area contributed by atoms with Gasteiger partial charge in [-0.1, -0.05) is 13.8 Å². The van der Waals surface area contributed by atoms with Crippen LogP contribution in [0.25, 0.3) is 0 Å². The molecule has 0 saturated carbocycles. The van der Waals surface area contributed by atoms with Crippen molar-refractivity contribution in [1.82, 2.24) is 15.1 Å². The van der Waals surface area contributed by atoms with Crippen molar-refractivity contribution in [2.24, 2.45) is 5.92 Å². The van der Waals surface area contributed by atoms with Gasteiger partial charge in [0.25, 0.3) is 5.91 Å². The van der Waals surface area contributed by atoms with E-state index >= 15 is 0 Å². The van der Waals surface area contributed by atoms with Crippen LogP contribution in [0.1, 0.15) is 20.3 Å². The van der Waals surface area contributed by atoms with Crippen LogP contribution in [0, 0.1) is 17.2 Å². The van der Waals surface area contributed by atoms with Crippen molar-refractivity contribution in [3.8, 4) is 6.07 Å². The summed E-state index contributed by atoms with van der Waals surface area (Å²) in [6, 6.07) is 1.06. The Kier molecular flexibility index (Phi) is 6.86. The minimum absolute atomic E-state index is 0.0560. The molecule has 1 aliphatic heterocycles. The van der Waals surface area contributed by atoms with Gasteiger partial charge in [-0.05, 0) is 19.4 Å². The van der Waals surface area contributed by atoms with E-state index in [0.717, 1.165) is 13.1 Å². The molecular formula is C15H24N4O3.